The number of benzene rings is 1. The van der Waals surface area contributed by atoms with Crippen molar-refractivity contribution in [1.82, 2.24) is 0 Å². The number of halogens is 1. The molecule has 0 radical (unpaired) electrons. The highest BCUT2D eigenvalue weighted by molar-refractivity contribution is 6.33. The minimum Gasteiger partial charge on any atom is -0.481 e. The van der Waals surface area contributed by atoms with Gasteiger partial charge in [0.1, 0.15) is 0 Å². The number of amides is 1. The van der Waals surface area contributed by atoms with Crippen LogP contribution in [0.5, 0.6) is 0 Å². The van der Waals surface area contributed by atoms with E-state index in [4.69, 9.17) is 16.7 Å². The Hall–Kier alpha value is -2.08. The Balaban J connectivity index is 2.56. The summed E-state index contributed by atoms with van der Waals surface area (Å²) in [5, 5.41) is 11.4. The number of carbonyl (C=O) groups is 3. The zero-order valence-electron chi connectivity index (χ0n) is 11.5. The number of aliphatic carboxylic acids is 1. The maximum absolute atomic E-state index is 11.7. The van der Waals surface area contributed by atoms with Gasteiger partial charge in [0.2, 0.25) is 5.91 Å². The molecule has 0 spiro atoms. The Morgan fingerprint density at radius 3 is 2.52 bits per heavy atom. The first kappa shape index (κ1) is 17.0. The zero-order valence-corrected chi connectivity index (χ0v) is 12.3. The van der Waals surface area contributed by atoms with E-state index >= 15 is 0 Å². The van der Waals surface area contributed by atoms with Crippen molar-refractivity contribution in [2.75, 3.05) is 12.4 Å². The maximum atomic E-state index is 11.7. The molecule has 1 amide bonds. The van der Waals surface area contributed by atoms with E-state index in [9.17, 15) is 14.4 Å². The van der Waals surface area contributed by atoms with Crippen LogP contribution in [-0.2, 0) is 14.3 Å². The van der Waals surface area contributed by atoms with Crippen LogP contribution in [0, 0.1) is 0 Å². The molecule has 6 nitrogen and oxygen atoms in total. The van der Waals surface area contributed by atoms with Gasteiger partial charge in [-0.25, -0.2) is 4.79 Å². The molecule has 0 aromatic heterocycles. The third kappa shape index (κ3) is 5.83. The van der Waals surface area contributed by atoms with Gasteiger partial charge in [-0.1, -0.05) is 11.6 Å². The number of esters is 1. The molecule has 0 unspecified atom stereocenters. The third-order valence-electron chi connectivity index (χ3n) is 2.70. The van der Waals surface area contributed by atoms with Gasteiger partial charge in [0.15, 0.2) is 0 Å². The highest BCUT2D eigenvalue weighted by Gasteiger charge is 2.12. The van der Waals surface area contributed by atoms with Crippen LogP contribution >= 0.6 is 11.6 Å². The molecule has 0 aliphatic rings. The Morgan fingerprint density at radius 1 is 1.24 bits per heavy atom. The van der Waals surface area contributed by atoms with Gasteiger partial charge >= 0.3 is 11.9 Å². The molecule has 0 saturated carbocycles. The Morgan fingerprint density at radius 2 is 1.90 bits per heavy atom. The van der Waals surface area contributed by atoms with Crippen LogP contribution in [0.25, 0.3) is 0 Å². The monoisotopic (exact) mass is 313 g/mol. The highest BCUT2D eigenvalue weighted by Crippen LogP contribution is 2.21. The lowest BCUT2D eigenvalue weighted by Gasteiger charge is -2.08. The van der Waals surface area contributed by atoms with Crippen molar-refractivity contribution < 1.29 is 24.2 Å². The number of carbonyl (C=O) groups excluding carboxylic acids is 2. The Bertz CT molecular complexity index is 544. The average Bonchev–Trinajstić information content (AvgIpc) is 2.44. The number of hydrogen-bond acceptors (Lipinski definition) is 4. The molecule has 2 N–H and O–H groups in total. The smallest absolute Gasteiger partial charge is 0.339 e. The van der Waals surface area contributed by atoms with E-state index in [0.717, 1.165) is 0 Å². The van der Waals surface area contributed by atoms with Crippen LogP contribution in [0.4, 0.5) is 5.69 Å². The minimum atomic E-state index is -0.879. The molecule has 21 heavy (non-hydrogen) atoms. The lowest BCUT2D eigenvalue weighted by atomic mass is 10.1. The second-order valence-electron chi connectivity index (χ2n) is 4.34. The first-order valence-electron chi connectivity index (χ1n) is 6.33. The molecule has 114 valence electrons. The van der Waals surface area contributed by atoms with Gasteiger partial charge in [-0.15, -0.1) is 0 Å². The molecule has 0 bridgehead atoms. The summed E-state index contributed by atoms with van der Waals surface area (Å²) in [5.41, 5.74) is 0.603. The molecule has 1 aromatic carbocycles. The van der Waals surface area contributed by atoms with Gasteiger partial charge in [0.05, 0.1) is 17.7 Å². The van der Waals surface area contributed by atoms with Crippen molar-refractivity contribution in [2.24, 2.45) is 0 Å². The fourth-order valence-electron chi connectivity index (χ4n) is 1.65. The third-order valence-corrected chi connectivity index (χ3v) is 3.03. The predicted octanol–water partition coefficient (Wildman–Crippen LogP) is 2.71. The molecular formula is C14H16ClNO5. The second kappa shape index (κ2) is 8.26. The molecule has 1 aromatic rings. The summed E-state index contributed by atoms with van der Waals surface area (Å²) < 4.78 is 4.59. The van der Waals surface area contributed by atoms with Crippen molar-refractivity contribution in [3.63, 3.8) is 0 Å². The highest BCUT2D eigenvalue weighted by atomic mass is 35.5. The minimum absolute atomic E-state index is 0.0424. The zero-order chi connectivity index (χ0) is 15.8. The topological polar surface area (TPSA) is 92.7 Å². The maximum Gasteiger partial charge on any atom is 0.339 e. The van der Waals surface area contributed by atoms with Gasteiger partial charge in [-0.2, -0.15) is 0 Å². The van der Waals surface area contributed by atoms with E-state index in [1.54, 1.807) is 6.07 Å². The van der Waals surface area contributed by atoms with Gasteiger partial charge in [-0.05, 0) is 31.0 Å². The molecule has 0 fully saturated rings. The molecule has 0 saturated heterocycles. The lowest BCUT2D eigenvalue weighted by molar-refractivity contribution is -0.137. The van der Waals surface area contributed by atoms with Crippen LogP contribution in [0.15, 0.2) is 18.2 Å². The number of nitrogens with one attached hydrogen (secondary N) is 1. The summed E-state index contributed by atoms with van der Waals surface area (Å²) in [4.78, 5) is 33.5. The molecule has 0 aliphatic carbocycles. The number of anilines is 1. The summed E-state index contributed by atoms with van der Waals surface area (Å²) in [6.07, 6.45) is 1.18. The summed E-state index contributed by atoms with van der Waals surface area (Å²) in [6.45, 7) is 0. The largest absolute Gasteiger partial charge is 0.481 e. The number of rotatable bonds is 7. The second-order valence-corrected chi connectivity index (χ2v) is 4.74. The first-order valence-corrected chi connectivity index (χ1v) is 6.71. The Labute approximate surface area is 127 Å². The van der Waals surface area contributed by atoms with Crippen molar-refractivity contribution >= 4 is 35.1 Å². The van der Waals surface area contributed by atoms with Crippen molar-refractivity contribution in [2.45, 2.75) is 25.7 Å². The number of carboxylic acid groups (broad SMARTS) is 1. The molecule has 1 rings (SSSR count). The molecule has 0 atom stereocenters. The average molecular weight is 314 g/mol. The van der Waals surface area contributed by atoms with Crippen LogP contribution < -0.4 is 5.32 Å². The van der Waals surface area contributed by atoms with Crippen LogP contribution in [0.1, 0.15) is 36.0 Å². The Kier molecular flexibility index (Phi) is 6.68. The number of ether oxygens (including phenoxy) is 1. The summed E-state index contributed by atoms with van der Waals surface area (Å²) >= 11 is 5.87. The molecular weight excluding hydrogens is 298 g/mol. The van der Waals surface area contributed by atoms with E-state index in [2.05, 4.69) is 10.1 Å². The quantitative estimate of drug-likeness (QED) is 0.596. The molecule has 7 heteroatoms. The number of unbranched alkanes of at least 4 members (excludes halogenated alkanes) is 1. The summed E-state index contributed by atoms with van der Waals surface area (Å²) in [6, 6.07) is 4.50. The van der Waals surface area contributed by atoms with Crippen molar-refractivity contribution in [3.8, 4) is 0 Å². The van der Waals surface area contributed by atoms with Gasteiger partial charge in [0, 0.05) is 18.5 Å². The number of carboxylic acids is 1. The van der Waals surface area contributed by atoms with Gasteiger partial charge < -0.3 is 15.2 Å². The fraction of sp³-hybridized carbons (Fsp3) is 0.357. The van der Waals surface area contributed by atoms with E-state index in [0.29, 0.717) is 18.5 Å². The SMILES string of the molecule is COC(=O)c1cc(NC(=O)CCCCC(=O)O)ccc1Cl. The van der Waals surface area contributed by atoms with E-state index < -0.39 is 11.9 Å². The normalized spacial score (nSPS) is 10.0. The van der Waals surface area contributed by atoms with Crippen LogP contribution in [0.3, 0.4) is 0 Å². The van der Waals surface area contributed by atoms with Crippen LogP contribution in [0.2, 0.25) is 5.02 Å². The number of methoxy groups -OCH3 is 1. The van der Waals surface area contributed by atoms with E-state index in [1.807, 2.05) is 0 Å². The van der Waals surface area contributed by atoms with Crippen molar-refractivity contribution in [3.05, 3.63) is 28.8 Å². The fourth-order valence-corrected chi connectivity index (χ4v) is 1.85. The van der Waals surface area contributed by atoms with E-state index in [-0.39, 0.29) is 29.3 Å². The van der Waals surface area contributed by atoms with Crippen molar-refractivity contribution in [1.29, 1.82) is 0 Å². The molecule has 0 aliphatic heterocycles. The van der Waals surface area contributed by atoms with E-state index in [1.165, 1.54) is 19.2 Å². The van der Waals surface area contributed by atoms with Crippen LogP contribution in [-0.4, -0.2) is 30.1 Å². The standard InChI is InChI=1S/C14H16ClNO5/c1-21-14(20)10-8-9(6-7-11(10)15)16-12(17)4-2-3-5-13(18)19/h6-8H,2-5H2,1H3,(H,16,17)(H,18,19). The number of hydrogen-bond donors (Lipinski definition) is 2. The summed E-state index contributed by atoms with van der Waals surface area (Å²) in [5.74, 6) is -1.72. The van der Waals surface area contributed by atoms with Gasteiger partial charge in [0.25, 0.3) is 0 Å². The van der Waals surface area contributed by atoms with Gasteiger partial charge in [-0.3, -0.25) is 9.59 Å². The summed E-state index contributed by atoms with van der Waals surface area (Å²) in [7, 11) is 1.24. The lowest BCUT2D eigenvalue weighted by Crippen LogP contribution is -2.12. The first-order chi connectivity index (χ1) is 9.93. The molecule has 0 heterocycles. The predicted molar refractivity (Wildman–Crippen MR) is 77.5 cm³/mol.